The molecule has 9 heteroatoms. The third kappa shape index (κ3) is 5.40. The van der Waals surface area contributed by atoms with Crippen molar-refractivity contribution < 1.29 is 9.32 Å². The van der Waals surface area contributed by atoms with E-state index >= 15 is 0 Å². The summed E-state index contributed by atoms with van der Waals surface area (Å²) >= 11 is 3.48. The molecule has 5 aromatic rings. The highest BCUT2D eigenvalue weighted by Crippen LogP contribution is 2.34. The van der Waals surface area contributed by atoms with E-state index in [9.17, 15) is 4.79 Å². The second kappa shape index (κ2) is 10.9. The third-order valence-electron chi connectivity index (χ3n) is 6.94. The predicted octanol–water partition coefficient (Wildman–Crippen LogP) is 5.69. The van der Waals surface area contributed by atoms with Gasteiger partial charge in [-0.05, 0) is 49.2 Å². The van der Waals surface area contributed by atoms with Gasteiger partial charge >= 0.3 is 0 Å². The number of hydrogen-bond donors (Lipinski definition) is 0. The molecule has 196 valence electrons. The topological polar surface area (TPSA) is 88.3 Å². The maximum absolute atomic E-state index is 13.3. The molecule has 0 saturated carbocycles. The predicted molar refractivity (Wildman–Crippen MR) is 154 cm³/mol. The van der Waals surface area contributed by atoms with Crippen LogP contribution in [0.4, 0.5) is 5.82 Å². The van der Waals surface area contributed by atoms with Crippen LogP contribution in [0.3, 0.4) is 0 Å². The molecule has 3 aromatic heterocycles. The Hall–Kier alpha value is -4.11. The standard InChI is InChI=1S/C30H27BrN6O2/c1-20-8-10-21(11-9-20)17-25-33-28(26-27(35-39-29(26)34-25)23-6-3-12-32-19-23)36-13-4-14-37(16-15-36)30(38)22-5-2-7-24(31)18-22/h2-3,5-12,18-19H,4,13-17H2,1H3. The average molecular weight is 583 g/mol. The van der Waals surface area contributed by atoms with Crippen LogP contribution in [0, 0.1) is 6.92 Å². The molecule has 6 rings (SSSR count). The van der Waals surface area contributed by atoms with Gasteiger partial charge in [0, 0.05) is 60.6 Å². The van der Waals surface area contributed by atoms with E-state index in [4.69, 9.17) is 14.5 Å². The fourth-order valence-corrected chi connectivity index (χ4v) is 5.31. The van der Waals surface area contributed by atoms with Crippen molar-refractivity contribution in [3.63, 3.8) is 0 Å². The number of nitrogens with zero attached hydrogens (tertiary/aromatic N) is 6. The number of rotatable bonds is 5. The molecule has 0 radical (unpaired) electrons. The summed E-state index contributed by atoms with van der Waals surface area (Å²) in [4.78, 5) is 31.5. The third-order valence-corrected chi connectivity index (χ3v) is 7.43. The quantitative estimate of drug-likeness (QED) is 0.263. The molecule has 1 aliphatic heterocycles. The second-order valence-electron chi connectivity index (χ2n) is 9.72. The molecule has 39 heavy (non-hydrogen) atoms. The largest absolute Gasteiger partial charge is 0.354 e. The molecular weight excluding hydrogens is 556 g/mol. The normalized spacial score (nSPS) is 14.0. The van der Waals surface area contributed by atoms with E-state index in [0.717, 1.165) is 39.8 Å². The molecule has 8 nitrogen and oxygen atoms in total. The SMILES string of the molecule is Cc1ccc(Cc2nc(N3CCCN(C(=O)c4cccc(Br)c4)CC3)c3c(-c4cccnc4)noc3n2)cc1. The number of carbonyl (C=O) groups is 1. The Morgan fingerprint density at radius 1 is 1.00 bits per heavy atom. The van der Waals surface area contributed by atoms with Crippen LogP contribution in [0.5, 0.6) is 0 Å². The van der Waals surface area contributed by atoms with Crippen LogP contribution in [-0.4, -0.2) is 57.1 Å². The molecule has 0 spiro atoms. The van der Waals surface area contributed by atoms with Gasteiger partial charge in [0.05, 0.1) is 0 Å². The van der Waals surface area contributed by atoms with Crippen LogP contribution in [0.15, 0.2) is 82.1 Å². The highest BCUT2D eigenvalue weighted by molar-refractivity contribution is 9.10. The molecule has 0 bridgehead atoms. The number of anilines is 1. The maximum atomic E-state index is 13.3. The summed E-state index contributed by atoms with van der Waals surface area (Å²) in [6.45, 7) is 4.70. The lowest BCUT2D eigenvalue weighted by Crippen LogP contribution is -2.35. The van der Waals surface area contributed by atoms with Crippen molar-refractivity contribution in [2.45, 2.75) is 19.8 Å². The van der Waals surface area contributed by atoms with Crippen molar-refractivity contribution in [2.75, 3.05) is 31.1 Å². The minimum atomic E-state index is 0.0343. The lowest BCUT2D eigenvalue weighted by Gasteiger charge is -2.24. The van der Waals surface area contributed by atoms with Crippen LogP contribution >= 0.6 is 15.9 Å². The van der Waals surface area contributed by atoms with E-state index in [0.29, 0.717) is 48.9 Å². The van der Waals surface area contributed by atoms with E-state index < -0.39 is 0 Å². The summed E-state index contributed by atoms with van der Waals surface area (Å²) in [5.41, 5.74) is 4.97. The van der Waals surface area contributed by atoms with Crippen LogP contribution in [0.25, 0.3) is 22.4 Å². The zero-order valence-corrected chi connectivity index (χ0v) is 23.1. The first-order valence-electron chi connectivity index (χ1n) is 13.0. The van der Waals surface area contributed by atoms with Gasteiger partial charge in [-0.3, -0.25) is 9.78 Å². The van der Waals surface area contributed by atoms with E-state index in [1.54, 1.807) is 12.4 Å². The first-order valence-corrected chi connectivity index (χ1v) is 13.8. The van der Waals surface area contributed by atoms with Crippen molar-refractivity contribution in [1.29, 1.82) is 0 Å². The fraction of sp³-hybridized carbons (Fsp3) is 0.233. The Morgan fingerprint density at radius 3 is 2.67 bits per heavy atom. The van der Waals surface area contributed by atoms with E-state index in [1.165, 1.54) is 5.56 Å². The van der Waals surface area contributed by atoms with Crippen molar-refractivity contribution >= 4 is 38.8 Å². The number of benzene rings is 2. The van der Waals surface area contributed by atoms with Crippen molar-refractivity contribution in [1.82, 2.24) is 25.0 Å². The number of fused-ring (bicyclic) bond motifs is 1. The van der Waals surface area contributed by atoms with Gasteiger partial charge in [0.25, 0.3) is 11.6 Å². The Balaban J connectivity index is 1.35. The van der Waals surface area contributed by atoms with Crippen LogP contribution in [0.2, 0.25) is 0 Å². The number of hydrogen-bond acceptors (Lipinski definition) is 7. The summed E-state index contributed by atoms with van der Waals surface area (Å²) in [5.74, 6) is 1.48. The van der Waals surface area contributed by atoms with Gasteiger partial charge < -0.3 is 14.3 Å². The Kier molecular flexibility index (Phi) is 7.06. The van der Waals surface area contributed by atoms with Gasteiger partial charge in [-0.25, -0.2) is 4.98 Å². The highest BCUT2D eigenvalue weighted by Gasteiger charge is 2.26. The van der Waals surface area contributed by atoms with E-state index in [2.05, 4.69) is 62.2 Å². The number of aromatic nitrogens is 4. The van der Waals surface area contributed by atoms with Crippen molar-refractivity contribution in [3.05, 3.63) is 100 Å². The average Bonchev–Trinajstić information content (AvgIpc) is 3.23. The number of aryl methyl sites for hydroxylation is 1. The lowest BCUT2D eigenvalue weighted by molar-refractivity contribution is 0.0767. The molecule has 1 aliphatic rings. The van der Waals surface area contributed by atoms with Crippen LogP contribution in [0.1, 0.15) is 33.7 Å². The lowest BCUT2D eigenvalue weighted by atomic mass is 10.1. The highest BCUT2D eigenvalue weighted by atomic mass is 79.9. The molecule has 0 unspecified atom stereocenters. The molecular formula is C30H27BrN6O2. The minimum absolute atomic E-state index is 0.0343. The summed E-state index contributed by atoms with van der Waals surface area (Å²) < 4.78 is 6.66. The van der Waals surface area contributed by atoms with Crippen molar-refractivity contribution in [2.24, 2.45) is 0 Å². The van der Waals surface area contributed by atoms with Gasteiger partial charge in [0.15, 0.2) is 0 Å². The van der Waals surface area contributed by atoms with Gasteiger partial charge in [0.2, 0.25) is 0 Å². The molecule has 1 saturated heterocycles. The molecule has 0 N–H and O–H groups in total. The smallest absolute Gasteiger partial charge is 0.263 e. The zero-order valence-electron chi connectivity index (χ0n) is 21.5. The van der Waals surface area contributed by atoms with Gasteiger partial charge in [-0.2, -0.15) is 4.98 Å². The fourth-order valence-electron chi connectivity index (χ4n) is 4.91. The zero-order chi connectivity index (χ0) is 26.8. The summed E-state index contributed by atoms with van der Waals surface area (Å²) in [6.07, 6.45) is 4.89. The number of halogens is 1. The van der Waals surface area contributed by atoms with Gasteiger partial charge in [-0.15, -0.1) is 0 Å². The van der Waals surface area contributed by atoms with E-state index in [-0.39, 0.29) is 5.91 Å². The Morgan fingerprint density at radius 2 is 1.87 bits per heavy atom. The Bertz CT molecular complexity index is 1620. The minimum Gasteiger partial charge on any atom is -0.354 e. The molecule has 2 aromatic carbocycles. The van der Waals surface area contributed by atoms with E-state index in [1.807, 2.05) is 41.3 Å². The molecule has 1 fully saturated rings. The molecule has 4 heterocycles. The first kappa shape index (κ1) is 25.2. The monoisotopic (exact) mass is 582 g/mol. The second-order valence-corrected chi connectivity index (χ2v) is 10.6. The van der Waals surface area contributed by atoms with Crippen molar-refractivity contribution in [3.8, 4) is 11.3 Å². The maximum Gasteiger partial charge on any atom is 0.263 e. The number of amides is 1. The Labute approximate surface area is 234 Å². The van der Waals surface area contributed by atoms with Gasteiger partial charge in [0.1, 0.15) is 22.7 Å². The first-order chi connectivity index (χ1) is 19.0. The molecule has 1 amide bonds. The summed E-state index contributed by atoms with van der Waals surface area (Å²) in [5, 5.41) is 5.15. The molecule has 0 aliphatic carbocycles. The van der Waals surface area contributed by atoms with Gasteiger partial charge in [-0.1, -0.05) is 57.0 Å². The summed E-state index contributed by atoms with van der Waals surface area (Å²) in [7, 11) is 0. The van der Waals surface area contributed by atoms with Crippen LogP contribution < -0.4 is 4.90 Å². The number of carbonyl (C=O) groups excluding carboxylic acids is 1. The molecule has 0 atom stereocenters. The number of pyridine rings is 1. The summed E-state index contributed by atoms with van der Waals surface area (Å²) in [6, 6.07) is 19.8. The van der Waals surface area contributed by atoms with Crippen LogP contribution in [-0.2, 0) is 6.42 Å².